The third-order valence-corrected chi connectivity index (χ3v) is 3.65. The van der Waals surface area contributed by atoms with Crippen LogP contribution in [0.15, 0.2) is 24.4 Å². The zero-order valence-corrected chi connectivity index (χ0v) is 12.1. The van der Waals surface area contributed by atoms with Crippen molar-refractivity contribution in [2.75, 3.05) is 25.1 Å². The lowest BCUT2D eigenvalue weighted by Crippen LogP contribution is -2.58. The minimum Gasteiger partial charge on any atom is -0.374 e. The highest BCUT2D eigenvalue weighted by Crippen LogP contribution is 2.34. The molecule has 1 aromatic carbocycles. The van der Waals surface area contributed by atoms with Gasteiger partial charge >= 0.3 is 6.18 Å². The van der Waals surface area contributed by atoms with Gasteiger partial charge in [0.2, 0.25) is 5.91 Å². The van der Waals surface area contributed by atoms with Gasteiger partial charge in [-0.2, -0.15) is 13.2 Å². The molecular weight excluding hydrogens is 311 g/mol. The predicted molar refractivity (Wildman–Crippen MR) is 79.0 cm³/mol. The molecule has 1 amide bonds. The number of hydrazine groups is 1. The molecule has 0 saturated carbocycles. The van der Waals surface area contributed by atoms with Gasteiger partial charge < -0.3 is 26.8 Å². The molecule has 1 saturated heterocycles. The zero-order chi connectivity index (χ0) is 16.4. The molecule has 0 unspecified atom stereocenters. The van der Waals surface area contributed by atoms with E-state index in [4.69, 9.17) is 0 Å². The minimum atomic E-state index is -4.42. The summed E-state index contributed by atoms with van der Waals surface area (Å²) in [6.45, 7) is 1.45. The molecule has 0 radical (unpaired) electrons. The Bertz CT molecular complexity index is 640. The SMILES string of the molecule is O=C(CNC1=CNNc2ccc(C(F)(F)F)cc21)NC1CNC1. The number of amides is 1. The van der Waals surface area contributed by atoms with Gasteiger partial charge in [-0.3, -0.25) is 4.79 Å². The van der Waals surface area contributed by atoms with Crippen molar-refractivity contribution in [1.29, 1.82) is 0 Å². The fraction of sp³-hybridized carbons (Fsp3) is 0.357. The van der Waals surface area contributed by atoms with Crippen LogP contribution in [0.1, 0.15) is 11.1 Å². The molecule has 9 heteroatoms. The molecule has 3 rings (SSSR count). The molecule has 5 N–H and O–H groups in total. The van der Waals surface area contributed by atoms with Crippen molar-refractivity contribution < 1.29 is 18.0 Å². The van der Waals surface area contributed by atoms with Crippen LogP contribution in [0.4, 0.5) is 18.9 Å². The number of fused-ring (bicyclic) bond motifs is 1. The van der Waals surface area contributed by atoms with Gasteiger partial charge in [0.1, 0.15) is 0 Å². The third kappa shape index (κ3) is 3.50. The summed E-state index contributed by atoms with van der Waals surface area (Å²) in [4.78, 5) is 11.8. The summed E-state index contributed by atoms with van der Waals surface area (Å²) < 4.78 is 38.5. The summed E-state index contributed by atoms with van der Waals surface area (Å²) in [5.74, 6) is -0.204. The molecule has 23 heavy (non-hydrogen) atoms. The van der Waals surface area contributed by atoms with Crippen LogP contribution in [0.2, 0.25) is 0 Å². The van der Waals surface area contributed by atoms with E-state index >= 15 is 0 Å². The Hall–Kier alpha value is -2.42. The van der Waals surface area contributed by atoms with Crippen LogP contribution in [0.5, 0.6) is 0 Å². The number of hydrogen-bond acceptors (Lipinski definition) is 5. The highest BCUT2D eigenvalue weighted by Gasteiger charge is 2.31. The summed E-state index contributed by atoms with van der Waals surface area (Å²) >= 11 is 0. The van der Waals surface area contributed by atoms with Crippen molar-refractivity contribution in [3.05, 3.63) is 35.5 Å². The highest BCUT2D eigenvalue weighted by molar-refractivity contribution is 5.83. The van der Waals surface area contributed by atoms with E-state index in [0.717, 1.165) is 25.2 Å². The smallest absolute Gasteiger partial charge is 0.374 e. The Labute approximate surface area is 130 Å². The van der Waals surface area contributed by atoms with E-state index in [2.05, 4.69) is 26.8 Å². The molecule has 0 atom stereocenters. The number of anilines is 1. The molecule has 2 heterocycles. The van der Waals surface area contributed by atoms with Gasteiger partial charge in [-0.1, -0.05) is 0 Å². The van der Waals surface area contributed by atoms with Crippen LogP contribution in [0.25, 0.3) is 5.70 Å². The number of rotatable bonds is 4. The van der Waals surface area contributed by atoms with Gasteiger partial charge in [-0.05, 0) is 18.2 Å². The van der Waals surface area contributed by atoms with Crippen molar-refractivity contribution in [1.82, 2.24) is 21.4 Å². The monoisotopic (exact) mass is 327 g/mol. The third-order valence-electron chi connectivity index (χ3n) is 3.65. The first-order valence-electron chi connectivity index (χ1n) is 7.11. The van der Waals surface area contributed by atoms with E-state index in [9.17, 15) is 18.0 Å². The average Bonchev–Trinajstić information content (AvgIpc) is 2.47. The van der Waals surface area contributed by atoms with Crippen molar-refractivity contribution in [3.8, 4) is 0 Å². The van der Waals surface area contributed by atoms with Crippen LogP contribution < -0.4 is 26.8 Å². The maximum Gasteiger partial charge on any atom is 0.416 e. The highest BCUT2D eigenvalue weighted by atomic mass is 19.4. The van der Waals surface area contributed by atoms with E-state index in [0.29, 0.717) is 16.9 Å². The van der Waals surface area contributed by atoms with Gasteiger partial charge in [-0.25, -0.2) is 0 Å². The first kappa shape index (κ1) is 15.5. The molecule has 2 aliphatic heterocycles. The number of carbonyl (C=O) groups excluding carboxylic acids is 1. The van der Waals surface area contributed by atoms with Crippen molar-refractivity contribution in [2.24, 2.45) is 0 Å². The summed E-state index contributed by atoms with van der Waals surface area (Å²) in [7, 11) is 0. The topological polar surface area (TPSA) is 77.2 Å². The molecule has 2 aliphatic rings. The maximum atomic E-state index is 12.8. The number of nitrogens with one attached hydrogen (secondary N) is 5. The molecule has 6 nitrogen and oxygen atoms in total. The number of halogens is 3. The Kier molecular flexibility index (Phi) is 4.03. The van der Waals surface area contributed by atoms with Gasteiger partial charge in [0, 0.05) is 24.9 Å². The van der Waals surface area contributed by atoms with Crippen LogP contribution in [0, 0.1) is 0 Å². The fourth-order valence-electron chi connectivity index (χ4n) is 2.31. The lowest BCUT2D eigenvalue weighted by Gasteiger charge is -2.28. The average molecular weight is 327 g/mol. The van der Waals surface area contributed by atoms with E-state index in [1.807, 2.05) is 0 Å². The molecule has 0 aromatic heterocycles. The van der Waals surface area contributed by atoms with E-state index in [1.165, 1.54) is 12.3 Å². The molecule has 0 aliphatic carbocycles. The molecular formula is C14H16F3N5O. The predicted octanol–water partition coefficient (Wildman–Crippen LogP) is 0.612. The lowest BCUT2D eigenvalue weighted by atomic mass is 10.0. The van der Waals surface area contributed by atoms with Crippen LogP contribution in [0.3, 0.4) is 0 Å². The van der Waals surface area contributed by atoms with Gasteiger partial charge in [-0.15, -0.1) is 0 Å². The minimum absolute atomic E-state index is 0.0142. The normalized spacial score (nSPS) is 17.1. The fourth-order valence-corrected chi connectivity index (χ4v) is 2.31. The van der Waals surface area contributed by atoms with Gasteiger partial charge in [0.15, 0.2) is 0 Å². The second-order valence-corrected chi connectivity index (χ2v) is 5.36. The largest absolute Gasteiger partial charge is 0.416 e. The number of hydrogen-bond donors (Lipinski definition) is 5. The molecule has 1 aromatic rings. The van der Waals surface area contributed by atoms with E-state index in [-0.39, 0.29) is 18.5 Å². The Balaban J connectivity index is 1.69. The Morgan fingerprint density at radius 3 is 2.74 bits per heavy atom. The number of carbonyl (C=O) groups is 1. The summed E-state index contributed by atoms with van der Waals surface area (Å²) in [5, 5.41) is 8.71. The Morgan fingerprint density at radius 2 is 2.09 bits per heavy atom. The first-order valence-corrected chi connectivity index (χ1v) is 7.11. The second-order valence-electron chi connectivity index (χ2n) is 5.36. The zero-order valence-electron chi connectivity index (χ0n) is 12.1. The van der Waals surface area contributed by atoms with Crippen molar-refractivity contribution >= 4 is 17.3 Å². The van der Waals surface area contributed by atoms with Crippen molar-refractivity contribution in [3.63, 3.8) is 0 Å². The maximum absolute atomic E-state index is 12.8. The summed E-state index contributed by atoms with van der Waals surface area (Å²) in [5.41, 5.74) is 6.05. The molecule has 1 fully saturated rings. The first-order chi connectivity index (χ1) is 10.9. The standard InChI is InChI=1S/C14H16F3N5O/c15-14(16,17)8-1-2-11-10(3-8)12(6-20-22-11)19-7-13(23)21-9-4-18-5-9/h1-3,6,9,18-20,22H,4-5,7H2,(H,21,23). The molecule has 0 spiro atoms. The number of alkyl halides is 3. The molecule has 0 bridgehead atoms. The molecule has 124 valence electrons. The van der Waals surface area contributed by atoms with Gasteiger partial charge in [0.25, 0.3) is 0 Å². The summed E-state index contributed by atoms with van der Waals surface area (Å²) in [6.07, 6.45) is -2.93. The quantitative estimate of drug-likeness (QED) is 0.560. The second kappa shape index (κ2) is 5.99. The van der Waals surface area contributed by atoms with E-state index in [1.54, 1.807) is 0 Å². The van der Waals surface area contributed by atoms with Crippen molar-refractivity contribution in [2.45, 2.75) is 12.2 Å². The van der Waals surface area contributed by atoms with Crippen LogP contribution in [-0.2, 0) is 11.0 Å². The Morgan fingerprint density at radius 1 is 1.30 bits per heavy atom. The number of benzene rings is 1. The van der Waals surface area contributed by atoms with Crippen LogP contribution in [-0.4, -0.2) is 31.6 Å². The van der Waals surface area contributed by atoms with E-state index < -0.39 is 11.7 Å². The lowest BCUT2D eigenvalue weighted by molar-refractivity contribution is -0.137. The van der Waals surface area contributed by atoms with Crippen LogP contribution >= 0.6 is 0 Å². The summed E-state index contributed by atoms with van der Waals surface area (Å²) in [6, 6.07) is 3.52. The van der Waals surface area contributed by atoms with Gasteiger partial charge in [0.05, 0.1) is 29.5 Å².